The van der Waals surface area contributed by atoms with Crippen LogP contribution in [0, 0.1) is 0 Å². The Morgan fingerprint density at radius 2 is 1.12 bits per heavy atom. The first-order chi connectivity index (χ1) is 12.3. The van der Waals surface area contributed by atoms with Gasteiger partial charge in [0.25, 0.3) is 0 Å². The Balaban J connectivity index is 1.96. The van der Waals surface area contributed by atoms with Crippen LogP contribution in [-0.4, -0.2) is 0 Å². The molecule has 0 aromatic heterocycles. The first-order valence-electron chi connectivity index (χ1n) is 9.11. The lowest BCUT2D eigenvalue weighted by atomic mass is 9.98. The van der Waals surface area contributed by atoms with E-state index in [1.807, 2.05) is 66.7 Å². The van der Waals surface area contributed by atoms with Gasteiger partial charge in [-0.3, -0.25) is 0 Å². The van der Waals surface area contributed by atoms with Crippen LogP contribution in [0.3, 0.4) is 0 Å². The van der Waals surface area contributed by atoms with Crippen molar-refractivity contribution in [1.29, 1.82) is 0 Å². The SMILES string of the molecule is O=P(c1ccccc1)(c1ccccc1)c1ccccc1C1CCCC1. The molecule has 0 heterocycles. The van der Waals surface area contributed by atoms with E-state index in [-0.39, 0.29) is 0 Å². The van der Waals surface area contributed by atoms with E-state index in [0.717, 1.165) is 15.9 Å². The molecule has 1 aliphatic carbocycles. The molecule has 1 nitrogen and oxygen atoms in total. The Morgan fingerprint density at radius 3 is 1.68 bits per heavy atom. The van der Waals surface area contributed by atoms with Crippen molar-refractivity contribution in [2.24, 2.45) is 0 Å². The van der Waals surface area contributed by atoms with Crippen LogP contribution in [0.25, 0.3) is 0 Å². The van der Waals surface area contributed by atoms with E-state index in [0.29, 0.717) is 5.92 Å². The third-order valence-corrected chi connectivity index (χ3v) is 8.45. The molecule has 2 heteroatoms. The van der Waals surface area contributed by atoms with Crippen molar-refractivity contribution in [3.63, 3.8) is 0 Å². The van der Waals surface area contributed by atoms with Crippen LogP contribution in [0.1, 0.15) is 37.2 Å². The van der Waals surface area contributed by atoms with E-state index in [1.54, 1.807) is 0 Å². The third-order valence-electron chi connectivity index (χ3n) is 5.31. The second kappa shape index (κ2) is 7.02. The van der Waals surface area contributed by atoms with Gasteiger partial charge in [0, 0.05) is 15.9 Å². The lowest BCUT2D eigenvalue weighted by Gasteiger charge is -2.25. The van der Waals surface area contributed by atoms with Gasteiger partial charge in [0.15, 0.2) is 7.14 Å². The summed E-state index contributed by atoms with van der Waals surface area (Å²) in [5, 5.41) is 2.87. The van der Waals surface area contributed by atoms with Crippen molar-refractivity contribution in [2.45, 2.75) is 31.6 Å². The normalized spacial score (nSPS) is 15.4. The van der Waals surface area contributed by atoms with Crippen molar-refractivity contribution >= 4 is 23.1 Å². The summed E-state index contributed by atoms with van der Waals surface area (Å²) in [6.07, 6.45) is 4.97. The third kappa shape index (κ3) is 2.98. The second-order valence-electron chi connectivity index (χ2n) is 6.82. The van der Waals surface area contributed by atoms with Gasteiger partial charge >= 0.3 is 0 Å². The maximum Gasteiger partial charge on any atom is 0.171 e. The second-order valence-corrected chi connectivity index (χ2v) is 9.55. The summed E-state index contributed by atoms with van der Waals surface area (Å²) in [7, 11) is -2.87. The molecule has 0 atom stereocenters. The van der Waals surface area contributed by atoms with Gasteiger partial charge < -0.3 is 4.57 Å². The highest BCUT2D eigenvalue weighted by Gasteiger charge is 2.33. The number of rotatable bonds is 4. The Kier molecular flexibility index (Phi) is 4.59. The van der Waals surface area contributed by atoms with Crippen LogP contribution >= 0.6 is 7.14 Å². The molecule has 126 valence electrons. The molecule has 0 N–H and O–H groups in total. The lowest BCUT2D eigenvalue weighted by molar-refractivity contribution is 0.592. The molecule has 3 aromatic carbocycles. The van der Waals surface area contributed by atoms with Crippen molar-refractivity contribution in [3.05, 3.63) is 90.5 Å². The summed E-state index contributed by atoms with van der Waals surface area (Å²) in [6, 6.07) is 28.4. The minimum atomic E-state index is -2.87. The van der Waals surface area contributed by atoms with E-state index in [4.69, 9.17) is 0 Å². The highest BCUT2D eigenvalue weighted by molar-refractivity contribution is 7.85. The maximum atomic E-state index is 14.6. The van der Waals surface area contributed by atoms with E-state index in [1.165, 1.54) is 31.2 Å². The molecular formula is C23H23OP. The molecule has 4 rings (SSSR count). The zero-order valence-electron chi connectivity index (χ0n) is 14.3. The largest absolute Gasteiger partial charge is 0.309 e. The fraction of sp³-hybridized carbons (Fsp3) is 0.217. The van der Waals surface area contributed by atoms with Gasteiger partial charge in [0.1, 0.15) is 0 Å². The fourth-order valence-electron chi connectivity index (χ4n) is 4.06. The highest BCUT2D eigenvalue weighted by Crippen LogP contribution is 2.46. The minimum absolute atomic E-state index is 0.539. The van der Waals surface area contributed by atoms with Crippen molar-refractivity contribution < 1.29 is 4.57 Å². The summed E-state index contributed by atoms with van der Waals surface area (Å²) in [5.74, 6) is 0.539. The Labute approximate surface area is 150 Å². The van der Waals surface area contributed by atoms with Crippen molar-refractivity contribution in [2.75, 3.05) is 0 Å². The molecule has 0 saturated heterocycles. The number of hydrogen-bond acceptors (Lipinski definition) is 1. The van der Waals surface area contributed by atoms with E-state index in [2.05, 4.69) is 18.2 Å². The zero-order valence-corrected chi connectivity index (χ0v) is 15.2. The molecule has 0 radical (unpaired) electrons. The molecule has 1 aliphatic rings. The first-order valence-corrected chi connectivity index (χ1v) is 10.8. The lowest BCUT2D eigenvalue weighted by Crippen LogP contribution is -2.28. The van der Waals surface area contributed by atoms with E-state index < -0.39 is 7.14 Å². The summed E-state index contributed by atoms with van der Waals surface area (Å²) >= 11 is 0. The van der Waals surface area contributed by atoms with Crippen LogP contribution in [0.5, 0.6) is 0 Å². The van der Waals surface area contributed by atoms with Gasteiger partial charge in [-0.15, -0.1) is 0 Å². The Bertz CT molecular complexity index is 837. The smallest absolute Gasteiger partial charge is 0.171 e. The van der Waals surface area contributed by atoms with Crippen molar-refractivity contribution in [3.8, 4) is 0 Å². The van der Waals surface area contributed by atoms with Crippen molar-refractivity contribution in [1.82, 2.24) is 0 Å². The summed E-state index contributed by atoms with van der Waals surface area (Å²) in [5.41, 5.74) is 1.29. The first kappa shape index (κ1) is 16.4. The molecule has 0 spiro atoms. The number of benzene rings is 3. The average molecular weight is 346 g/mol. The molecular weight excluding hydrogens is 323 g/mol. The highest BCUT2D eigenvalue weighted by atomic mass is 31.2. The summed E-state index contributed by atoms with van der Waals surface area (Å²) in [4.78, 5) is 0. The number of hydrogen-bond donors (Lipinski definition) is 0. The zero-order chi connectivity index (χ0) is 17.1. The summed E-state index contributed by atoms with van der Waals surface area (Å²) in [6.45, 7) is 0. The van der Waals surface area contributed by atoms with Gasteiger partial charge in [0.2, 0.25) is 0 Å². The predicted molar refractivity (Wildman–Crippen MR) is 107 cm³/mol. The maximum absolute atomic E-state index is 14.6. The van der Waals surface area contributed by atoms with E-state index in [9.17, 15) is 4.57 Å². The molecule has 0 aliphatic heterocycles. The molecule has 1 fully saturated rings. The molecule has 0 unspecified atom stereocenters. The summed E-state index contributed by atoms with van der Waals surface area (Å²) < 4.78 is 14.6. The van der Waals surface area contributed by atoms with Gasteiger partial charge in [-0.2, -0.15) is 0 Å². The Morgan fingerprint density at radius 1 is 0.640 bits per heavy atom. The molecule has 25 heavy (non-hydrogen) atoms. The minimum Gasteiger partial charge on any atom is -0.309 e. The average Bonchev–Trinajstić information content (AvgIpc) is 3.23. The van der Waals surface area contributed by atoms with E-state index >= 15 is 0 Å². The van der Waals surface area contributed by atoms with Crippen LogP contribution in [0.15, 0.2) is 84.9 Å². The van der Waals surface area contributed by atoms with Gasteiger partial charge in [-0.25, -0.2) is 0 Å². The molecule has 0 bridgehead atoms. The topological polar surface area (TPSA) is 17.1 Å². The van der Waals surface area contributed by atoms with Gasteiger partial charge in [0.05, 0.1) is 0 Å². The standard InChI is InChI=1S/C23H23OP/c24-25(20-13-3-1-4-14-20,21-15-5-2-6-16-21)23-18-10-9-17-22(23)19-11-7-8-12-19/h1-6,9-10,13-19H,7-8,11-12H2. The molecule has 3 aromatic rings. The predicted octanol–water partition coefficient (Wildman–Crippen LogP) is 4.98. The van der Waals surface area contributed by atoms with Crippen LogP contribution < -0.4 is 15.9 Å². The quantitative estimate of drug-likeness (QED) is 0.609. The monoisotopic (exact) mass is 346 g/mol. The molecule has 1 saturated carbocycles. The van der Waals surface area contributed by atoms with Crippen LogP contribution in [0.2, 0.25) is 0 Å². The van der Waals surface area contributed by atoms with Crippen LogP contribution in [0.4, 0.5) is 0 Å². The fourth-order valence-corrected chi connectivity index (χ4v) is 7.01. The van der Waals surface area contributed by atoms with Crippen LogP contribution in [-0.2, 0) is 4.57 Å². The van der Waals surface area contributed by atoms with Gasteiger partial charge in [-0.05, 0) is 24.3 Å². The Hall–Kier alpha value is -2.11. The van der Waals surface area contributed by atoms with Gasteiger partial charge in [-0.1, -0.05) is 97.8 Å². The molecule has 0 amide bonds.